The van der Waals surface area contributed by atoms with Crippen LogP contribution < -0.4 is 16.8 Å². The second-order valence-electron chi connectivity index (χ2n) is 8.92. The van der Waals surface area contributed by atoms with Crippen molar-refractivity contribution in [2.24, 2.45) is 11.7 Å². The zero-order chi connectivity index (χ0) is 22.8. The third kappa shape index (κ3) is 7.74. The van der Waals surface area contributed by atoms with Crippen LogP contribution in [0.3, 0.4) is 0 Å². The fourth-order valence-electron chi connectivity index (χ4n) is 3.91. The average Bonchev–Trinajstić information content (AvgIpc) is 3.34. The number of rotatable bonds is 7. The molecule has 31 heavy (non-hydrogen) atoms. The standard InChI is InChI=1S/C14H21N5O.C8H17N.C2H6/c1-9(2)16-7-10-3-4-12(20-10)19-6-5-11-13(15)17-8-18-14(11)19;1-7(9)5-6-8-3-2-4-8;1-2/h5-6,8-10,12,16H,3-4,7H2,1-2H3,(H2,15,17,18);7-8H,2-6,9H2,1H3;1-2H3. The third-order valence-corrected chi connectivity index (χ3v) is 5.94. The van der Waals surface area contributed by atoms with Crippen molar-refractivity contribution in [3.8, 4) is 0 Å². The number of nitrogens with two attached hydrogens (primary N) is 2. The van der Waals surface area contributed by atoms with E-state index < -0.39 is 0 Å². The van der Waals surface area contributed by atoms with Crippen LogP contribution in [0.5, 0.6) is 0 Å². The number of anilines is 1. The number of ether oxygens (including phenoxy) is 1. The van der Waals surface area contributed by atoms with Gasteiger partial charge >= 0.3 is 0 Å². The maximum absolute atomic E-state index is 6.10. The van der Waals surface area contributed by atoms with Crippen LogP contribution in [0.2, 0.25) is 0 Å². The second-order valence-corrected chi connectivity index (χ2v) is 8.92. The Morgan fingerprint density at radius 3 is 2.52 bits per heavy atom. The number of hydrogen-bond acceptors (Lipinski definition) is 6. The van der Waals surface area contributed by atoms with Gasteiger partial charge in [0, 0.05) is 24.8 Å². The second kappa shape index (κ2) is 13.0. The van der Waals surface area contributed by atoms with Crippen molar-refractivity contribution < 1.29 is 4.74 Å². The summed E-state index contributed by atoms with van der Waals surface area (Å²) in [6.45, 7) is 11.3. The molecule has 0 bridgehead atoms. The van der Waals surface area contributed by atoms with Crippen LogP contribution in [0.25, 0.3) is 11.0 Å². The van der Waals surface area contributed by atoms with Crippen molar-refractivity contribution in [3.05, 3.63) is 18.6 Å². The monoisotopic (exact) mass is 432 g/mol. The molecule has 4 rings (SSSR count). The lowest BCUT2D eigenvalue weighted by Crippen LogP contribution is -2.31. The molecule has 0 amide bonds. The summed E-state index contributed by atoms with van der Waals surface area (Å²) in [5.74, 6) is 1.56. The quantitative estimate of drug-likeness (QED) is 0.589. The average molecular weight is 433 g/mol. The maximum Gasteiger partial charge on any atom is 0.147 e. The fourth-order valence-corrected chi connectivity index (χ4v) is 3.91. The summed E-state index contributed by atoms with van der Waals surface area (Å²) in [6.07, 6.45) is 12.8. The van der Waals surface area contributed by atoms with E-state index in [1.807, 2.05) is 26.1 Å². The molecule has 2 fully saturated rings. The van der Waals surface area contributed by atoms with Gasteiger partial charge in [0.15, 0.2) is 0 Å². The van der Waals surface area contributed by atoms with Gasteiger partial charge < -0.3 is 26.1 Å². The minimum Gasteiger partial charge on any atom is -0.383 e. The number of hydrogen-bond donors (Lipinski definition) is 3. The summed E-state index contributed by atoms with van der Waals surface area (Å²) in [4.78, 5) is 8.34. The van der Waals surface area contributed by atoms with Crippen LogP contribution in [0.1, 0.15) is 85.8 Å². The Morgan fingerprint density at radius 2 is 1.90 bits per heavy atom. The molecule has 0 spiro atoms. The molecule has 0 radical (unpaired) electrons. The zero-order valence-corrected chi connectivity index (χ0v) is 20.2. The predicted molar refractivity (Wildman–Crippen MR) is 130 cm³/mol. The van der Waals surface area contributed by atoms with Crippen LogP contribution in [0.15, 0.2) is 18.6 Å². The highest BCUT2D eigenvalue weighted by molar-refractivity contribution is 5.86. The highest BCUT2D eigenvalue weighted by atomic mass is 16.5. The van der Waals surface area contributed by atoms with Gasteiger partial charge in [-0.05, 0) is 44.6 Å². The van der Waals surface area contributed by atoms with Crippen molar-refractivity contribution in [2.75, 3.05) is 12.3 Å². The molecule has 3 atom stereocenters. The largest absolute Gasteiger partial charge is 0.383 e. The first-order valence-electron chi connectivity index (χ1n) is 12.2. The maximum atomic E-state index is 6.10. The van der Waals surface area contributed by atoms with E-state index in [1.54, 1.807) is 0 Å². The Kier molecular flexibility index (Phi) is 10.7. The van der Waals surface area contributed by atoms with Crippen molar-refractivity contribution in [2.45, 2.75) is 104 Å². The SMILES string of the molecule is CC.CC(C)NCC1CCC(n2ccc3c(N)ncnc32)O1.CC(N)CCC1CCC1. The van der Waals surface area contributed by atoms with Gasteiger partial charge in [-0.25, -0.2) is 9.97 Å². The van der Waals surface area contributed by atoms with Gasteiger partial charge in [-0.1, -0.05) is 47.0 Å². The topological polar surface area (TPSA) is 104 Å². The Hall–Kier alpha value is -1.70. The molecule has 3 heterocycles. The van der Waals surface area contributed by atoms with E-state index in [0.29, 0.717) is 17.9 Å². The Bertz CT molecular complexity index is 756. The van der Waals surface area contributed by atoms with E-state index >= 15 is 0 Å². The minimum absolute atomic E-state index is 0.0424. The van der Waals surface area contributed by atoms with Gasteiger partial charge in [-0.3, -0.25) is 0 Å². The van der Waals surface area contributed by atoms with Gasteiger partial charge in [0.25, 0.3) is 0 Å². The van der Waals surface area contributed by atoms with Crippen LogP contribution in [-0.4, -0.2) is 39.3 Å². The van der Waals surface area contributed by atoms with E-state index in [-0.39, 0.29) is 12.3 Å². The highest BCUT2D eigenvalue weighted by Gasteiger charge is 2.27. The van der Waals surface area contributed by atoms with Crippen molar-refractivity contribution in [3.63, 3.8) is 0 Å². The van der Waals surface area contributed by atoms with Crippen LogP contribution in [0, 0.1) is 5.92 Å². The molecular weight excluding hydrogens is 388 g/mol. The first-order valence-corrected chi connectivity index (χ1v) is 12.2. The molecular formula is C24H44N6O. The molecule has 7 nitrogen and oxygen atoms in total. The number of nitrogens with zero attached hydrogens (tertiary/aromatic N) is 3. The summed E-state index contributed by atoms with van der Waals surface area (Å²) in [7, 11) is 0. The molecule has 176 valence electrons. The normalized spacial score (nSPS) is 21.8. The summed E-state index contributed by atoms with van der Waals surface area (Å²) >= 11 is 0. The molecule has 1 aliphatic heterocycles. The number of fused-ring (bicyclic) bond motifs is 1. The molecule has 0 aromatic carbocycles. The van der Waals surface area contributed by atoms with Crippen molar-refractivity contribution in [1.82, 2.24) is 19.9 Å². The Morgan fingerprint density at radius 1 is 1.16 bits per heavy atom. The lowest BCUT2D eigenvalue weighted by Gasteiger charge is -2.25. The van der Waals surface area contributed by atoms with Crippen LogP contribution in [0.4, 0.5) is 5.82 Å². The number of nitrogen functional groups attached to an aromatic ring is 1. The van der Waals surface area contributed by atoms with E-state index in [4.69, 9.17) is 16.2 Å². The summed E-state index contributed by atoms with van der Waals surface area (Å²) in [5.41, 5.74) is 12.3. The molecule has 2 aliphatic rings. The van der Waals surface area contributed by atoms with E-state index in [2.05, 4.69) is 40.6 Å². The van der Waals surface area contributed by atoms with Crippen molar-refractivity contribution in [1.29, 1.82) is 0 Å². The Balaban J connectivity index is 0.000000261. The van der Waals surface area contributed by atoms with E-state index in [1.165, 1.54) is 38.4 Å². The predicted octanol–water partition coefficient (Wildman–Crippen LogP) is 4.63. The molecule has 7 heteroatoms. The summed E-state index contributed by atoms with van der Waals surface area (Å²) in [5, 5.41) is 4.31. The number of nitrogens with one attached hydrogen (secondary N) is 1. The van der Waals surface area contributed by atoms with Gasteiger partial charge in [0.1, 0.15) is 24.0 Å². The van der Waals surface area contributed by atoms with E-state index in [9.17, 15) is 0 Å². The van der Waals surface area contributed by atoms with Gasteiger partial charge in [0.2, 0.25) is 0 Å². The molecule has 1 aliphatic carbocycles. The lowest BCUT2D eigenvalue weighted by molar-refractivity contribution is 0.00454. The summed E-state index contributed by atoms with van der Waals surface area (Å²) < 4.78 is 8.16. The first-order chi connectivity index (χ1) is 14.9. The molecule has 1 saturated heterocycles. The van der Waals surface area contributed by atoms with Gasteiger partial charge in [-0.15, -0.1) is 0 Å². The van der Waals surface area contributed by atoms with Gasteiger partial charge in [-0.2, -0.15) is 0 Å². The first kappa shape index (κ1) is 25.6. The molecule has 1 saturated carbocycles. The van der Waals surface area contributed by atoms with Crippen molar-refractivity contribution >= 4 is 16.9 Å². The zero-order valence-electron chi connectivity index (χ0n) is 20.2. The van der Waals surface area contributed by atoms with Crippen LogP contribution in [-0.2, 0) is 4.74 Å². The third-order valence-electron chi connectivity index (χ3n) is 5.94. The summed E-state index contributed by atoms with van der Waals surface area (Å²) in [6, 6.07) is 2.86. The van der Waals surface area contributed by atoms with Gasteiger partial charge in [0.05, 0.1) is 11.5 Å². The minimum atomic E-state index is 0.0424. The molecule has 2 aromatic rings. The van der Waals surface area contributed by atoms with E-state index in [0.717, 1.165) is 36.3 Å². The Labute approximate surface area is 188 Å². The van der Waals surface area contributed by atoms with Crippen LogP contribution >= 0.6 is 0 Å². The molecule has 2 aromatic heterocycles. The smallest absolute Gasteiger partial charge is 0.147 e. The fraction of sp³-hybridized carbons (Fsp3) is 0.750. The molecule has 3 unspecified atom stereocenters. The molecule has 5 N–H and O–H groups in total. The highest BCUT2D eigenvalue weighted by Crippen LogP contribution is 2.32. The number of aromatic nitrogens is 3. The lowest BCUT2D eigenvalue weighted by atomic mass is 9.81.